The highest BCUT2D eigenvalue weighted by Crippen LogP contribution is 2.25. The van der Waals surface area contributed by atoms with Crippen LogP contribution in [0.25, 0.3) is 0 Å². The van der Waals surface area contributed by atoms with Gasteiger partial charge in [0.25, 0.3) is 0 Å². The van der Waals surface area contributed by atoms with Crippen LogP contribution in [0.3, 0.4) is 0 Å². The van der Waals surface area contributed by atoms with E-state index in [0.29, 0.717) is 12.2 Å². The first-order valence-electron chi connectivity index (χ1n) is 8.23. The van der Waals surface area contributed by atoms with Crippen molar-refractivity contribution in [1.82, 2.24) is 9.29 Å². The third-order valence-electron chi connectivity index (χ3n) is 4.31. The van der Waals surface area contributed by atoms with Crippen molar-refractivity contribution < 1.29 is 17.5 Å². The smallest absolute Gasteiger partial charge is 0.243 e. The molecule has 0 aliphatic carbocycles. The third kappa shape index (κ3) is 4.23. The van der Waals surface area contributed by atoms with E-state index in [1.54, 1.807) is 31.5 Å². The average Bonchev–Trinajstić information content (AvgIpc) is 3.10. The van der Waals surface area contributed by atoms with Crippen molar-refractivity contribution in [2.75, 3.05) is 13.2 Å². The highest BCUT2D eigenvalue weighted by Gasteiger charge is 2.30. The van der Waals surface area contributed by atoms with Gasteiger partial charge in [0.2, 0.25) is 10.0 Å². The van der Waals surface area contributed by atoms with Crippen molar-refractivity contribution in [2.45, 2.75) is 37.3 Å². The van der Waals surface area contributed by atoms with Gasteiger partial charge in [-0.05, 0) is 55.2 Å². The summed E-state index contributed by atoms with van der Waals surface area (Å²) in [6.45, 7) is 2.76. The lowest BCUT2D eigenvalue weighted by atomic mass is 10.2. The topological polar surface area (TPSA) is 59.5 Å². The van der Waals surface area contributed by atoms with E-state index in [2.05, 4.69) is 4.98 Å². The number of pyridine rings is 1. The van der Waals surface area contributed by atoms with Gasteiger partial charge < -0.3 is 4.74 Å². The zero-order chi connectivity index (χ0) is 17.9. The lowest BCUT2D eigenvalue weighted by Crippen LogP contribution is -2.37. The quantitative estimate of drug-likeness (QED) is 0.791. The molecule has 1 aromatic carbocycles. The van der Waals surface area contributed by atoms with E-state index in [9.17, 15) is 12.8 Å². The monoisotopic (exact) mass is 364 g/mol. The minimum absolute atomic E-state index is 0.000414. The predicted molar refractivity (Wildman–Crippen MR) is 91.9 cm³/mol. The summed E-state index contributed by atoms with van der Waals surface area (Å²) < 4.78 is 47.0. The van der Waals surface area contributed by atoms with Crippen molar-refractivity contribution in [1.29, 1.82) is 0 Å². The number of ether oxygens (including phenoxy) is 1. The van der Waals surface area contributed by atoms with E-state index in [-0.39, 0.29) is 24.1 Å². The molecule has 1 saturated heterocycles. The number of hydrogen-bond acceptors (Lipinski definition) is 4. The summed E-state index contributed by atoms with van der Waals surface area (Å²) in [6.07, 6.45) is 4.86. The summed E-state index contributed by atoms with van der Waals surface area (Å²) >= 11 is 0. The molecule has 134 valence electrons. The van der Waals surface area contributed by atoms with E-state index in [1.165, 1.54) is 16.4 Å². The van der Waals surface area contributed by atoms with Gasteiger partial charge in [0.15, 0.2) is 0 Å². The van der Waals surface area contributed by atoms with Crippen molar-refractivity contribution in [3.05, 3.63) is 59.7 Å². The largest absolute Gasteiger partial charge is 0.377 e. The Bertz CT molecular complexity index is 821. The highest BCUT2D eigenvalue weighted by atomic mass is 32.2. The highest BCUT2D eigenvalue weighted by molar-refractivity contribution is 7.89. The van der Waals surface area contributed by atoms with Crippen LogP contribution in [0.4, 0.5) is 4.39 Å². The Labute approximate surface area is 147 Å². The molecule has 0 amide bonds. The minimum Gasteiger partial charge on any atom is -0.377 e. The summed E-state index contributed by atoms with van der Waals surface area (Å²) in [5.74, 6) is -0.565. The van der Waals surface area contributed by atoms with Gasteiger partial charge in [0, 0.05) is 32.1 Å². The van der Waals surface area contributed by atoms with E-state index < -0.39 is 15.8 Å². The van der Waals surface area contributed by atoms with Crippen molar-refractivity contribution in [3.63, 3.8) is 0 Å². The van der Waals surface area contributed by atoms with Gasteiger partial charge in [0.05, 0.1) is 11.0 Å². The zero-order valence-electron chi connectivity index (χ0n) is 14.1. The molecule has 1 aliphatic rings. The molecule has 0 bridgehead atoms. The Morgan fingerprint density at radius 1 is 1.28 bits per heavy atom. The first kappa shape index (κ1) is 18.0. The van der Waals surface area contributed by atoms with E-state index in [4.69, 9.17) is 4.74 Å². The van der Waals surface area contributed by atoms with E-state index >= 15 is 0 Å². The molecule has 2 aromatic rings. The maximum absolute atomic E-state index is 13.7. The Morgan fingerprint density at radius 3 is 2.72 bits per heavy atom. The fraction of sp³-hybridized carbons (Fsp3) is 0.389. The average molecular weight is 364 g/mol. The second-order valence-electron chi connectivity index (χ2n) is 6.20. The Balaban J connectivity index is 1.95. The molecule has 1 fully saturated rings. The van der Waals surface area contributed by atoms with Gasteiger partial charge in [0.1, 0.15) is 5.82 Å². The number of benzene rings is 1. The summed E-state index contributed by atoms with van der Waals surface area (Å²) in [5, 5.41) is 0. The molecule has 0 N–H and O–H groups in total. The SMILES string of the molecule is Cc1ccc(F)cc1S(=O)(=O)N(Cc1ccncc1)CC1CCCO1. The molecule has 0 radical (unpaired) electrons. The van der Waals surface area contributed by atoms with Gasteiger partial charge >= 0.3 is 0 Å². The van der Waals surface area contributed by atoms with Crippen LogP contribution in [-0.4, -0.2) is 37.0 Å². The molecule has 1 aromatic heterocycles. The molecule has 5 nitrogen and oxygen atoms in total. The standard InChI is InChI=1S/C18H21FN2O3S/c1-14-4-5-16(19)11-18(14)25(22,23)21(13-17-3-2-10-24-17)12-15-6-8-20-9-7-15/h4-9,11,17H,2-3,10,12-13H2,1H3. The van der Waals surface area contributed by atoms with Gasteiger partial charge in [-0.3, -0.25) is 4.98 Å². The molecule has 2 heterocycles. The van der Waals surface area contributed by atoms with Crippen LogP contribution in [0.5, 0.6) is 0 Å². The second-order valence-corrected chi connectivity index (χ2v) is 8.10. The summed E-state index contributed by atoms with van der Waals surface area (Å²) in [6, 6.07) is 7.38. The maximum atomic E-state index is 13.7. The molecule has 25 heavy (non-hydrogen) atoms. The molecule has 0 spiro atoms. The summed E-state index contributed by atoms with van der Waals surface area (Å²) in [5.41, 5.74) is 1.35. The molecule has 1 unspecified atom stereocenters. The van der Waals surface area contributed by atoms with Gasteiger partial charge in [-0.15, -0.1) is 0 Å². The molecule has 1 aliphatic heterocycles. The number of rotatable bonds is 6. The first-order chi connectivity index (χ1) is 12.0. The van der Waals surface area contributed by atoms with Crippen LogP contribution < -0.4 is 0 Å². The fourth-order valence-corrected chi connectivity index (χ4v) is 4.64. The molecular formula is C18H21FN2O3S. The van der Waals surface area contributed by atoms with E-state index in [1.807, 2.05) is 0 Å². The number of halogens is 1. The third-order valence-corrected chi connectivity index (χ3v) is 6.26. The molecule has 7 heteroatoms. The molecule has 3 rings (SSSR count). The molecule has 0 saturated carbocycles. The van der Waals surface area contributed by atoms with Crippen LogP contribution >= 0.6 is 0 Å². The lowest BCUT2D eigenvalue weighted by Gasteiger charge is -2.25. The van der Waals surface area contributed by atoms with Gasteiger partial charge in [-0.1, -0.05) is 6.07 Å². The van der Waals surface area contributed by atoms with E-state index in [0.717, 1.165) is 24.5 Å². The zero-order valence-corrected chi connectivity index (χ0v) is 14.9. The summed E-state index contributed by atoms with van der Waals surface area (Å²) in [4.78, 5) is 3.96. The number of aryl methyl sites for hydroxylation is 1. The predicted octanol–water partition coefficient (Wildman–Crippen LogP) is 2.90. The van der Waals surface area contributed by atoms with Crippen LogP contribution in [0.1, 0.15) is 24.0 Å². The number of nitrogens with zero attached hydrogens (tertiary/aromatic N) is 2. The van der Waals surface area contributed by atoms with Crippen LogP contribution in [0.15, 0.2) is 47.6 Å². The van der Waals surface area contributed by atoms with Crippen molar-refractivity contribution >= 4 is 10.0 Å². The Hall–Kier alpha value is -1.83. The minimum atomic E-state index is -3.85. The maximum Gasteiger partial charge on any atom is 0.243 e. The van der Waals surface area contributed by atoms with Crippen molar-refractivity contribution in [3.8, 4) is 0 Å². The fourth-order valence-electron chi connectivity index (χ4n) is 2.95. The van der Waals surface area contributed by atoms with Gasteiger partial charge in [-0.25, -0.2) is 12.8 Å². The molecular weight excluding hydrogens is 343 g/mol. The number of aromatic nitrogens is 1. The lowest BCUT2D eigenvalue weighted by molar-refractivity contribution is 0.0926. The molecule has 1 atom stereocenters. The van der Waals surface area contributed by atoms with Crippen molar-refractivity contribution in [2.24, 2.45) is 0 Å². The van der Waals surface area contributed by atoms with Crippen LogP contribution in [0, 0.1) is 12.7 Å². The normalized spacial score (nSPS) is 18.0. The Kier molecular flexibility index (Phi) is 5.46. The van der Waals surface area contributed by atoms with Gasteiger partial charge in [-0.2, -0.15) is 4.31 Å². The van der Waals surface area contributed by atoms with Crippen LogP contribution in [-0.2, 0) is 21.3 Å². The van der Waals surface area contributed by atoms with Crippen LogP contribution in [0.2, 0.25) is 0 Å². The summed E-state index contributed by atoms with van der Waals surface area (Å²) in [7, 11) is -3.85. The number of hydrogen-bond donors (Lipinski definition) is 0. The number of sulfonamides is 1. The first-order valence-corrected chi connectivity index (χ1v) is 9.67. The Morgan fingerprint density at radius 2 is 2.04 bits per heavy atom. The second kappa shape index (κ2) is 7.59.